The third kappa shape index (κ3) is 2.47. The van der Waals surface area contributed by atoms with Gasteiger partial charge in [0, 0.05) is 23.9 Å². The summed E-state index contributed by atoms with van der Waals surface area (Å²) in [6.07, 6.45) is 1.86. The first-order valence-corrected chi connectivity index (χ1v) is 6.85. The molecule has 1 atom stereocenters. The molecule has 0 saturated carbocycles. The molecule has 5 heteroatoms. The number of hydrogen-bond acceptors (Lipinski definition) is 3. The van der Waals surface area contributed by atoms with E-state index in [0.29, 0.717) is 6.42 Å². The molecule has 3 rings (SSSR count). The molecule has 0 bridgehead atoms. The van der Waals surface area contributed by atoms with E-state index in [2.05, 4.69) is 38.1 Å². The third-order valence-corrected chi connectivity index (χ3v) is 3.63. The van der Waals surface area contributed by atoms with Crippen molar-refractivity contribution in [3.05, 3.63) is 46.0 Å². The fourth-order valence-corrected chi connectivity index (χ4v) is 2.69. The molecule has 0 saturated heterocycles. The second kappa shape index (κ2) is 4.82. The highest BCUT2D eigenvalue weighted by molar-refractivity contribution is 9.10. The Morgan fingerprint density at radius 2 is 2.33 bits per heavy atom. The van der Waals surface area contributed by atoms with E-state index in [1.807, 2.05) is 16.8 Å². The van der Waals surface area contributed by atoms with E-state index in [9.17, 15) is 5.11 Å². The van der Waals surface area contributed by atoms with Crippen LogP contribution < -0.4 is 0 Å². The van der Waals surface area contributed by atoms with Crippen molar-refractivity contribution >= 4 is 15.9 Å². The summed E-state index contributed by atoms with van der Waals surface area (Å²) in [5.74, 6) is 1.73. The Morgan fingerprint density at radius 3 is 3.17 bits per heavy atom. The van der Waals surface area contributed by atoms with Crippen molar-refractivity contribution in [2.75, 3.05) is 0 Å². The molecular formula is C13H14BrN3O. The van der Waals surface area contributed by atoms with Crippen LogP contribution in [0.5, 0.6) is 0 Å². The van der Waals surface area contributed by atoms with Crippen LogP contribution in [0.25, 0.3) is 0 Å². The number of aryl methyl sites for hydroxylation is 1. The fourth-order valence-electron chi connectivity index (χ4n) is 2.24. The number of benzene rings is 1. The average molecular weight is 308 g/mol. The molecule has 1 aromatic heterocycles. The molecule has 1 aromatic carbocycles. The van der Waals surface area contributed by atoms with Gasteiger partial charge in [-0.15, -0.1) is 0 Å². The molecule has 1 aliphatic rings. The van der Waals surface area contributed by atoms with Gasteiger partial charge in [-0.1, -0.05) is 28.1 Å². The van der Waals surface area contributed by atoms with E-state index >= 15 is 0 Å². The second-order valence-corrected chi connectivity index (χ2v) is 5.54. The first-order chi connectivity index (χ1) is 8.70. The topological polar surface area (TPSA) is 50.9 Å². The smallest absolute Gasteiger partial charge is 0.155 e. The Labute approximate surface area is 114 Å². The van der Waals surface area contributed by atoms with E-state index < -0.39 is 0 Å². The predicted octanol–water partition coefficient (Wildman–Crippen LogP) is 1.94. The Bertz CT molecular complexity index is 567. The zero-order valence-corrected chi connectivity index (χ0v) is 11.5. The van der Waals surface area contributed by atoms with Gasteiger partial charge in [-0.3, -0.25) is 0 Å². The van der Waals surface area contributed by atoms with Gasteiger partial charge in [0.15, 0.2) is 5.82 Å². The average Bonchev–Trinajstić information content (AvgIpc) is 2.70. The standard InChI is InChI=1S/C13H14BrN3O/c14-10-3-1-2-9(6-10)7-12-15-13-8-11(18)4-5-17(13)16-12/h1-3,6,11,18H,4-5,7-8H2. The number of rotatable bonds is 2. The van der Waals surface area contributed by atoms with Crippen LogP contribution in [-0.4, -0.2) is 26.0 Å². The second-order valence-electron chi connectivity index (χ2n) is 4.62. The predicted molar refractivity (Wildman–Crippen MR) is 71.3 cm³/mol. The van der Waals surface area contributed by atoms with Crippen LogP contribution in [0.2, 0.25) is 0 Å². The molecule has 0 spiro atoms. The van der Waals surface area contributed by atoms with E-state index in [-0.39, 0.29) is 6.10 Å². The number of hydrogen-bond donors (Lipinski definition) is 1. The van der Waals surface area contributed by atoms with Gasteiger partial charge >= 0.3 is 0 Å². The molecule has 0 radical (unpaired) electrons. The van der Waals surface area contributed by atoms with Gasteiger partial charge < -0.3 is 5.11 Å². The van der Waals surface area contributed by atoms with Gasteiger partial charge in [0.05, 0.1) is 6.10 Å². The SMILES string of the molecule is OC1CCn2nc(Cc3cccc(Br)c3)nc2C1. The highest BCUT2D eigenvalue weighted by atomic mass is 79.9. The van der Waals surface area contributed by atoms with Crippen LogP contribution in [0.1, 0.15) is 23.6 Å². The summed E-state index contributed by atoms with van der Waals surface area (Å²) in [4.78, 5) is 4.50. The number of aliphatic hydroxyl groups excluding tert-OH is 1. The highest BCUT2D eigenvalue weighted by Gasteiger charge is 2.19. The van der Waals surface area contributed by atoms with Crippen molar-refractivity contribution in [2.24, 2.45) is 0 Å². The van der Waals surface area contributed by atoms with E-state index in [4.69, 9.17) is 0 Å². The largest absolute Gasteiger partial charge is 0.393 e. The van der Waals surface area contributed by atoms with Crippen molar-refractivity contribution in [3.8, 4) is 0 Å². The maximum Gasteiger partial charge on any atom is 0.155 e. The minimum absolute atomic E-state index is 0.264. The summed E-state index contributed by atoms with van der Waals surface area (Å²) in [5.41, 5.74) is 1.19. The lowest BCUT2D eigenvalue weighted by Gasteiger charge is -2.16. The molecule has 1 N–H and O–H groups in total. The number of aliphatic hydroxyl groups is 1. The zero-order chi connectivity index (χ0) is 12.5. The maximum atomic E-state index is 9.60. The minimum atomic E-state index is -0.264. The van der Waals surface area contributed by atoms with Crippen molar-refractivity contribution in [1.82, 2.24) is 14.8 Å². The number of nitrogens with zero attached hydrogens (tertiary/aromatic N) is 3. The van der Waals surface area contributed by atoms with Gasteiger partial charge in [0.25, 0.3) is 0 Å². The van der Waals surface area contributed by atoms with Gasteiger partial charge in [-0.2, -0.15) is 5.10 Å². The van der Waals surface area contributed by atoms with Gasteiger partial charge in [-0.25, -0.2) is 9.67 Å². The molecule has 94 valence electrons. The van der Waals surface area contributed by atoms with Crippen LogP contribution >= 0.6 is 15.9 Å². The van der Waals surface area contributed by atoms with Gasteiger partial charge in [0.2, 0.25) is 0 Å². The number of fused-ring (bicyclic) bond motifs is 1. The van der Waals surface area contributed by atoms with Crippen LogP contribution in [-0.2, 0) is 19.4 Å². The Morgan fingerprint density at radius 1 is 1.44 bits per heavy atom. The van der Waals surface area contributed by atoms with Crippen LogP contribution in [0.4, 0.5) is 0 Å². The first kappa shape index (κ1) is 11.9. The van der Waals surface area contributed by atoms with E-state index in [1.54, 1.807) is 0 Å². The van der Waals surface area contributed by atoms with Crippen molar-refractivity contribution < 1.29 is 5.11 Å². The molecule has 2 heterocycles. The highest BCUT2D eigenvalue weighted by Crippen LogP contribution is 2.16. The zero-order valence-electron chi connectivity index (χ0n) is 9.88. The van der Waals surface area contributed by atoms with Crippen molar-refractivity contribution in [3.63, 3.8) is 0 Å². The summed E-state index contributed by atoms with van der Waals surface area (Å²) in [6, 6.07) is 8.17. The molecule has 0 fully saturated rings. The molecule has 1 aliphatic heterocycles. The monoisotopic (exact) mass is 307 g/mol. The summed E-state index contributed by atoms with van der Waals surface area (Å²) >= 11 is 3.46. The molecule has 1 unspecified atom stereocenters. The normalized spacial score (nSPS) is 18.7. The summed E-state index contributed by atoms with van der Waals surface area (Å²) < 4.78 is 2.99. The maximum absolute atomic E-state index is 9.60. The lowest BCUT2D eigenvalue weighted by atomic mass is 10.1. The van der Waals surface area contributed by atoms with E-state index in [1.165, 1.54) is 5.56 Å². The molecule has 0 aliphatic carbocycles. The molecular weight excluding hydrogens is 294 g/mol. The van der Waals surface area contributed by atoms with Crippen molar-refractivity contribution in [1.29, 1.82) is 0 Å². The third-order valence-electron chi connectivity index (χ3n) is 3.14. The first-order valence-electron chi connectivity index (χ1n) is 6.06. The van der Waals surface area contributed by atoms with E-state index in [0.717, 1.165) is 35.5 Å². The van der Waals surface area contributed by atoms with Crippen molar-refractivity contribution in [2.45, 2.75) is 31.9 Å². The quantitative estimate of drug-likeness (QED) is 0.922. The summed E-state index contributed by atoms with van der Waals surface area (Å²) in [5, 5.41) is 14.1. The molecule has 2 aromatic rings. The molecule has 18 heavy (non-hydrogen) atoms. The lowest BCUT2D eigenvalue weighted by molar-refractivity contribution is 0.138. The fraction of sp³-hybridized carbons (Fsp3) is 0.385. The Hall–Kier alpha value is -1.20. The van der Waals surface area contributed by atoms with Gasteiger partial charge in [-0.05, 0) is 24.1 Å². The summed E-state index contributed by atoms with van der Waals surface area (Å²) in [7, 11) is 0. The molecule has 4 nitrogen and oxygen atoms in total. The van der Waals surface area contributed by atoms with Crippen LogP contribution in [0.15, 0.2) is 28.7 Å². The van der Waals surface area contributed by atoms with Gasteiger partial charge in [0.1, 0.15) is 5.82 Å². The summed E-state index contributed by atoms with van der Waals surface area (Å²) in [6.45, 7) is 0.766. The Balaban J connectivity index is 1.82. The number of halogens is 1. The number of aromatic nitrogens is 3. The lowest BCUT2D eigenvalue weighted by Crippen LogP contribution is -2.23. The molecule has 0 amide bonds. The Kier molecular flexibility index (Phi) is 3.18. The van der Waals surface area contributed by atoms with Crippen LogP contribution in [0, 0.1) is 0 Å². The minimum Gasteiger partial charge on any atom is -0.393 e. The van der Waals surface area contributed by atoms with Crippen LogP contribution in [0.3, 0.4) is 0 Å².